The summed E-state index contributed by atoms with van der Waals surface area (Å²) in [6, 6.07) is 10.4. The summed E-state index contributed by atoms with van der Waals surface area (Å²) in [4.78, 5) is 17.3. The number of nitrogens with zero attached hydrogens (tertiary/aromatic N) is 2. The molecule has 1 aliphatic heterocycles. The predicted molar refractivity (Wildman–Crippen MR) is 76.0 cm³/mol. The van der Waals surface area contributed by atoms with Gasteiger partial charge in [-0.05, 0) is 25.5 Å². The molecule has 1 aromatic rings. The number of hydrogen-bond acceptors (Lipinski definition) is 2. The lowest BCUT2D eigenvalue weighted by atomic mass is 9.63. The molecule has 1 aliphatic carbocycles. The normalized spacial score (nSPS) is 22.9. The summed E-state index contributed by atoms with van der Waals surface area (Å²) in [5.41, 5.74) is 1.00. The van der Waals surface area contributed by atoms with Gasteiger partial charge in [0.25, 0.3) is 0 Å². The second kappa shape index (κ2) is 4.97. The summed E-state index contributed by atoms with van der Waals surface area (Å²) in [6.07, 6.45) is 3.21. The Kier molecular flexibility index (Phi) is 3.31. The predicted octanol–water partition coefficient (Wildman–Crippen LogP) is 1.88. The van der Waals surface area contributed by atoms with E-state index in [0.29, 0.717) is 5.91 Å². The van der Waals surface area contributed by atoms with E-state index in [1.54, 1.807) is 0 Å². The van der Waals surface area contributed by atoms with Gasteiger partial charge < -0.3 is 9.80 Å². The highest BCUT2D eigenvalue weighted by molar-refractivity contribution is 5.89. The van der Waals surface area contributed by atoms with Crippen molar-refractivity contribution in [3.8, 4) is 0 Å². The summed E-state index contributed by atoms with van der Waals surface area (Å²) < 4.78 is 0. The lowest BCUT2D eigenvalue weighted by molar-refractivity contribution is -0.142. The topological polar surface area (TPSA) is 23.6 Å². The van der Waals surface area contributed by atoms with Gasteiger partial charge in [0.15, 0.2) is 0 Å². The maximum absolute atomic E-state index is 12.9. The van der Waals surface area contributed by atoms with Gasteiger partial charge in [0, 0.05) is 26.2 Å². The first-order valence-electron chi connectivity index (χ1n) is 7.26. The molecule has 3 nitrogen and oxygen atoms in total. The van der Waals surface area contributed by atoms with Gasteiger partial charge in [0.2, 0.25) is 5.91 Å². The van der Waals surface area contributed by atoms with E-state index in [1.165, 1.54) is 12.0 Å². The number of rotatable bonds is 2. The fourth-order valence-electron chi connectivity index (χ4n) is 3.23. The molecule has 0 radical (unpaired) electrons. The van der Waals surface area contributed by atoms with E-state index in [0.717, 1.165) is 39.0 Å². The van der Waals surface area contributed by atoms with E-state index in [9.17, 15) is 4.79 Å². The van der Waals surface area contributed by atoms with Gasteiger partial charge in [0.1, 0.15) is 0 Å². The molecule has 102 valence electrons. The van der Waals surface area contributed by atoms with Crippen LogP contribution in [0.25, 0.3) is 0 Å². The van der Waals surface area contributed by atoms with Crippen molar-refractivity contribution in [2.75, 3.05) is 33.2 Å². The van der Waals surface area contributed by atoms with E-state index >= 15 is 0 Å². The zero-order chi connectivity index (χ0) is 13.3. The molecule has 1 aromatic carbocycles. The van der Waals surface area contributed by atoms with Crippen molar-refractivity contribution >= 4 is 5.91 Å². The molecule has 0 N–H and O–H groups in total. The van der Waals surface area contributed by atoms with Crippen LogP contribution >= 0.6 is 0 Å². The van der Waals surface area contributed by atoms with Gasteiger partial charge >= 0.3 is 0 Å². The molecular weight excluding hydrogens is 236 g/mol. The van der Waals surface area contributed by atoms with Crippen molar-refractivity contribution in [1.29, 1.82) is 0 Å². The average molecular weight is 258 g/mol. The van der Waals surface area contributed by atoms with Crippen LogP contribution in [0.4, 0.5) is 0 Å². The van der Waals surface area contributed by atoms with Gasteiger partial charge in [-0.3, -0.25) is 4.79 Å². The molecule has 2 fully saturated rings. The summed E-state index contributed by atoms with van der Waals surface area (Å²) in [6.45, 7) is 3.75. The third kappa shape index (κ3) is 2.16. The minimum absolute atomic E-state index is 0.211. The van der Waals surface area contributed by atoms with E-state index in [4.69, 9.17) is 0 Å². The SMILES string of the molecule is CN1CCN(C(=O)C2(c3ccccc3)CCC2)CC1. The van der Waals surface area contributed by atoms with E-state index in [-0.39, 0.29) is 5.41 Å². The van der Waals surface area contributed by atoms with Gasteiger partial charge in [-0.1, -0.05) is 36.8 Å². The molecule has 19 heavy (non-hydrogen) atoms. The Labute approximate surface area is 115 Å². The Balaban J connectivity index is 1.81. The van der Waals surface area contributed by atoms with E-state index in [1.807, 2.05) is 18.2 Å². The molecule has 0 spiro atoms. The van der Waals surface area contributed by atoms with Crippen molar-refractivity contribution in [3.63, 3.8) is 0 Å². The van der Waals surface area contributed by atoms with Crippen LogP contribution in [0.15, 0.2) is 30.3 Å². The quantitative estimate of drug-likeness (QED) is 0.808. The smallest absolute Gasteiger partial charge is 0.233 e. The Hall–Kier alpha value is -1.35. The molecule has 2 aliphatic rings. The molecule has 3 heteroatoms. The molecule has 1 heterocycles. The molecule has 1 saturated carbocycles. The molecule has 1 saturated heterocycles. The Morgan fingerprint density at radius 2 is 1.68 bits per heavy atom. The van der Waals surface area contributed by atoms with Gasteiger partial charge in [-0.15, -0.1) is 0 Å². The first kappa shape index (κ1) is 12.7. The number of carbonyl (C=O) groups excluding carboxylic acids is 1. The molecule has 0 aromatic heterocycles. The maximum atomic E-state index is 12.9. The zero-order valence-electron chi connectivity index (χ0n) is 11.6. The minimum atomic E-state index is -0.211. The Bertz CT molecular complexity index is 445. The third-order valence-electron chi connectivity index (χ3n) is 4.73. The minimum Gasteiger partial charge on any atom is -0.339 e. The average Bonchev–Trinajstić information content (AvgIpc) is 2.39. The number of amides is 1. The monoisotopic (exact) mass is 258 g/mol. The van der Waals surface area contributed by atoms with E-state index < -0.39 is 0 Å². The molecular formula is C16H22N2O. The molecule has 1 amide bonds. The second-order valence-corrected chi connectivity index (χ2v) is 5.90. The summed E-state index contributed by atoms with van der Waals surface area (Å²) >= 11 is 0. The Morgan fingerprint density at radius 3 is 2.21 bits per heavy atom. The van der Waals surface area contributed by atoms with Crippen molar-refractivity contribution in [1.82, 2.24) is 9.80 Å². The van der Waals surface area contributed by atoms with Crippen LogP contribution in [0, 0.1) is 0 Å². The summed E-state index contributed by atoms with van der Waals surface area (Å²) in [5, 5.41) is 0. The van der Waals surface area contributed by atoms with Crippen molar-refractivity contribution in [2.24, 2.45) is 0 Å². The van der Waals surface area contributed by atoms with Crippen molar-refractivity contribution in [3.05, 3.63) is 35.9 Å². The largest absolute Gasteiger partial charge is 0.339 e. The van der Waals surface area contributed by atoms with Gasteiger partial charge in [0.05, 0.1) is 5.41 Å². The standard InChI is InChI=1S/C16H22N2O/c1-17-10-12-18(13-11-17)15(19)16(8-5-9-16)14-6-3-2-4-7-14/h2-4,6-7H,5,8-13H2,1H3. The van der Waals surface area contributed by atoms with Gasteiger partial charge in [-0.25, -0.2) is 0 Å². The van der Waals surface area contributed by atoms with E-state index in [2.05, 4.69) is 29.0 Å². The number of carbonyl (C=O) groups is 1. The highest BCUT2D eigenvalue weighted by Crippen LogP contribution is 2.45. The molecule has 3 rings (SSSR count). The number of benzene rings is 1. The first-order chi connectivity index (χ1) is 9.22. The summed E-state index contributed by atoms with van der Waals surface area (Å²) in [5.74, 6) is 0.359. The van der Waals surface area contributed by atoms with Crippen LogP contribution in [-0.2, 0) is 10.2 Å². The molecule has 0 unspecified atom stereocenters. The fourth-order valence-corrected chi connectivity index (χ4v) is 3.23. The second-order valence-electron chi connectivity index (χ2n) is 5.90. The lowest BCUT2D eigenvalue weighted by Gasteiger charge is -2.45. The van der Waals surface area contributed by atoms with Crippen LogP contribution in [0.3, 0.4) is 0 Å². The Morgan fingerprint density at radius 1 is 1.05 bits per heavy atom. The summed E-state index contributed by atoms with van der Waals surface area (Å²) in [7, 11) is 2.12. The first-order valence-corrected chi connectivity index (χ1v) is 7.26. The van der Waals surface area contributed by atoms with Crippen LogP contribution in [0.5, 0.6) is 0 Å². The number of piperazine rings is 1. The lowest BCUT2D eigenvalue weighted by Crippen LogP contribution is -2.56. The van der Waals surface area contributed by atoms with Crippen LogP contribution < -0.4 is 0 Å². The van der Waals surface area contributed by atoms with Crippen molar-refractivity contribution in [2.45, 2.75) is 24.7 Å². The van der Waals surface area contributed by atoms with Crippen LogP contribution in [0.2, 0.25) is 0 Å². The third-order valence-corrected chi connectivity index (χ3v) is 4.73. The van der Waals surface area contributed by atoms with Crippen molar-refractivity contribution < 1.29 is 4.79 Å². The zero-order valence-corrected chi connectivity index (χ0v) is 11.6. The highest BCUT2D eigenvalue weighted by Gasteiger charge is 2.47. The van der Waals surface area contributed by atoms with Gasteiger partial charge in [-0.2, -0.15) is 0 Å². The number of likely N-dealkylation sites (N-methyl/N-ethyl adjacent to an activating group) is 1. The van der Waals surface area contributed by atoms with Crippen LogP contribution in [0.1, 0.15) is 24.8 Å². The fraction of sp³-hybridized carbons (Fsp3) is 0.562. The maximum Gasteiger partial charge on any atom is 0.233 e. The molecule has 0 atom stereocenters. The highest BCUT2D eigenvalue weighted by atomic mass is 16.2. The number of hydrogen-bond donors (Lipinski definition) is 0. The van der Waals surface area contributed by atoms with Crippen LogP contribution in [-0.4, -0.2) is 48.9 Å². The molecule has 0 bridgehead atoms.